The van der Waals surface area contributed by atoms with Gasteiger partial charge in [0.15, 0.2) is 0 Å². The zero-order valence-corrected chi connectivity index (χ0v) is 16.3. The topological polar surface area (TPSA) is 81.0 Å². The molecule has 0 unspecified atom stereocenters. The molecule has 3 aromatic rings. The SMILES string of the molecule is CCC[n+]1c(Nc2cccc(NC)c2N)ccc(-n2cnc(C)c2)c1OC. The van der Waals surface area contributed by atoms with E-state index in [1.807, 2.05) is 55.1 Å². The number of methoxy groups -OCH3 is 1. The van der Waals surface area contributed by atoms with E-state index in [-0.39, 0.29) is 0 Å². The predicted molar refractivity (Wildman–Crippen MR) is 109 cm³/mol. The zero-order valence-electron chi connectivity index (χ0n) is 16.3. The van der Waals surface area contributed by atoms with Crippen LogP contribution >= 0.6 is 0 Å². The smallest absolute Gasteiger partial charge is 0.309 e. The van der Waals surface area contributed by atoms with Crippen molar-refractivity contribution in [2.75, 3.05) is 30.5 Å². The molecule has 2 aromatic heterocycles. The van der Waals surface area contributed by atoms with Gasteiger partial charge in [-0.2, -0.15) is 4.57 Å². The monoisotopic (exact) mass is 367 g/mol. The molecule has 27 heavy (non-hydrogen) atoms. The Labute approximate surface area is 159 Å². The molecule has 2 heterocycles. The first-order valence-corrected chi connectivity index (χ1v) is 9.04. The second-order valence-electron chi connectivity index (χ2n) is 6.33. The molecule has 0 atom stereocenters. The summed E-state index contributed by atoms with van der Waals surface area (Å²) < 4.78 is 9.87. The molecule has 4 N–H and O–H groups in total. The van der Waals surface area contributed by atoms with Crippen molar-refractivity contribution < 1.29 is 9.30 Å². The van der Waals surface area contributed by atoms with E-state index in [4.69, 9.17) is 10.5 Å². The van der Waals surface area contributed by atoms with Gasteiger partial charge >= 0.3 is 5.88 Å². The lowest BCUT2D eigenvalue weighted by atomic mass is 10.2. The first-order valence-electron chi connectivity index (χ1n) is 9.04. The molecule has 142 valence electrons. The number of rotatable bonds is 7. The van der Waals surface area contributed by atoms with E-state index in [0.29, 0.717) is 5.69 Å². The van der Waals surface area contributed by atoms with Crippen LogP contribution in [0.2, 0.25) is 0 Å². The Bertz CT molecular complexity index is 934. The van der Waals surface area contributed by atoms with Gasteiger partial charge in [-0.3, -0.25) is 4.57 Å². The van der Waals surface area contributed by atoms with Crippen LogP contribution in [0.5, 0.6) is 5.88 Å². The number of para-hydroxylation sites is 1. The van der Waals surface area contributed by atoms with Gasteiger partial charge in [-0.05, 0) is 31.5 Å². The molecule has 0 saturated heterocycles. The average Bonchev–Trinajstić information content (AvgIpc) is 3.10. The van der Waals surface area contributed by atoms with E-state index in [9.17, 15) is 0 Å². The lowest BCUT2D eigenvalue weighted by Gasteiger charge is -2.15. The fraction of sp³-hybridized carbons (Fsp3) is 0.300. The highest BCUT2D eigenvalue weighted by Crippen LogP contribution is 2.30. The van der Waals surface area contributed by atoms with E-state index in [1.165, 1.54) is 0 Å². The molecule has 3 rings (SSSR count). The fourth-order valence-corrected chi connectivity index (χ4v) is 3.12. The summed E-state index contributed by atoms with van der Waals surface area (Å²) in [4.78, 5) is 4.32. The van der Waals surface area contributed by atoms with Gasteiger partial charge in [-0.25, -0.2) is 10.3 Å². The quantitative estimate of drug-likeness (QED) is 0.441. The molecule has 0 saturated carbocycles. The summed E-state index contributed by atoms with van der Waals surface area (Å²) in [6.45, 7) is 4.91. The Morgan fingerprint density at radius 3 is 2.63 bits per heavy atom. The summed E-state index contributed by atoms with van der Waals surface area (Å²) in [5.74, 6) is 1.68. The molecule has 0 radical (unpaired) electrons. The molecule has 0 aliphatic heterocycles. The van der Waals surface area contributed by atoms with Crippen LogP contribution in [0.1, 0.15) is 19.0 Å². The summed E-state index contributed by atoms with van der Waals surface area (Å²) in [5.41, 5.74) is 10.6. The Morgan fingerprint density at radius 2 is 2.00 bits per heavy atom. The number of hydrogen-bond donors (Lipinski definition) is 3. The maximum absolute atomic E-state index is 6.28. The van der Waals surface area contributed by atoms with E-state index < -0.39 is 0 Å². The van der Waals surface area contributed by atoms with Crippen molar-refractivity contribution in [1.82, 2.24) is 9.55 Å². The molecule has 7 nitrogen and oxygen atoms in total. The van der Waals surface area contributed by atoms with Gasteiger partial charge in [0, 0.05) is 19.3 Å². The molecule has 1 aromatic carbocycles. The molecular weight excluding hydrogens is 340 g/mol. The Morgan fingerprint density at radius 1 is 1.22 bits per heavy atom. The number of aryl methyl sites for hydroxylation is 1. The number of benzene rings is 1. The normalized spacial score (nSPS) is 10.7. The van der Waals surface area contributed by atoms with Crippen molar-refractivity contribution in [3.63, 3.8) is 0 Å². The van der Waals surface area contributed by atoms with Crippen LogP contribution in [-0.2, 0) is 6.54 Å². The van der Waals surface area contributed by atoms with E-state index in [0.717, 1.165) is 47.4 Å². The van der Waals surface area contributed by atoms with Crippen molar-refractivity contribution in [2.24, 2.45) is 0 Å². The Kier molecular flexibility index (Phi) is 5.49. The second kappa shape index (κ2) is 7.99. The van der Waals surface area contributed by atoms with E-state index in [1.54, 1.807) is 13.4 Å². The molecule has 7 heteroatoms. The molecule has 0 bridgehead atoms. The van der Waals surface area contributed by atoms with Gasteiger partial charge in [0.05, 0.1) is 31.4 Å². The summed E-state index contributed by atoms with van der Waals surface area (Å²) in [5, 5.41) is 6.56. The van der Waals surface area contributed by atoms with Crippen LogP contribution in [0.3, 0.4) is 0 Å². The van der Waals surface area contributed by atoms with Crippen LogP contribution in [0.4, 0.5) is 22.9 Å². The minimum absolute atomic E-state index is 0.677. The molecular formula is C20H27N6O+. The van der Waals surface area contributed by atoms with E-state index >= 15 is 0 Å². The van der Waals surface area contributed by atoms with Crippen LogP contribution in [0.25, 0.3) is 5.69 Å². The molecule has 0 aliphatic carbocycles. The summed E-state index contributed by atoms with van der Waals surface area (Å²) >= 11 is 0. The van der Waals surface area contributed by atoms with Crippen LogP contribution < -0.4 is 25.7 Å². The first-order chi connectivity index (χ1) is 13.1. The minimum atomic E-state index is 0.677. The zero-order chi connectivity index (χ0) is 19.4. The fourth-order valence-electron chi connectivity index (χ4n) is 3.12. The number of ether oxygens (including phenoxy) is 1. The third kappa shape index (κ3) is 3.67. The third-order valence-corrected chi connectivity index (χ3v) is 4.42. The van der Waals surface area contributed by atoms with E-state index in [2.05, 4.69) is 27.1 Å². The van der Waals surface area contributed by atoms with Gasteiger partial charge in [0.25, 0.3) is 5.82 Å². The van der Waals surface area contributed by atoms with Crippen LogP contribution in [-0.4, -0.2) is 23.7 Å². The largest absolute Gasteiger partial charge is 0.464 e. The number of hydrogen-bond acceptors (Lipinski definition) is 5. The number of nitrogens with zero attached hydrogens (tertiary/aromatic N) is 3. The number of nitrogens with two attached hydrogens (primary N) is 1. The van der Waals surface area contributed by atoms with Crippen molar-refractivity contribution in [2.45, 2.75) is 26.8 Å². The second-order valence-corrected chi connectivity index (χ2v) is 6.33. The number of pyridine rings is 1. The number of anilines is 4. The van der Waals surface area contributed by atoms with Crippen molar-refractivity contribution in [3.05, 3.63) is 48.5 Å². The molecule has 0 fully saturated rings. The number of nitrogens with one attached hydrogen (secondary N) is 2. The van der Waals surface area contributed by atoms with Crippen LogP contribution in [0, 0.1) is 6.92 Å². The van der Waals surface area contributed by atoms with Gasteiger partial charge in [-0.1, -0.05) is 13.0 Å². The maximum atomic E-state index is 6.28. The van der Waals surface area contributed by atoms with Gasteiger partial charge in [0.2, 0.25) is 0 Å². The molecule has 0 aliphatic rings. The predicted octanol–water partition coefficient (Wildman–Crippen LogP) is 3.25. The summed E-state index contributed by atoms with van der Waals surface area (Å²) in [7, 11) is 3.55. The lowest BCUT2D eigenvalue weighted by molar-refractivity contribution is -0.687. The third-order valence-electron chi connectivity index (χ3n) is 4.42. The maximum Gasteiger partial charge on any atom is 0.309 e. The molecule has 0 spiro atoms. The summed E-state index contributed by atoms with van der Waals surface area (Å²) in [6, 6.07) is 9.94. The summed E-state index contributed by atoms with van der Waals surface area (Å²) in [6.07, 6.45) is 4.74. The lowest BCUT2D eigenvalue weighted by Crippen LogP contribution is -2.39. The van der Waals surface area contributed by atoms with Crippen LogP contribution in [0.15, 0.2) is 42.9 Å². The number of aromatic nitrogens is 3. The Hall–Kier alpha value is -3.22. The van der Waals surface area contributed by atoms with Crippen molar-refractivity contribution >= 4 is 22.9 Å². The van der Waals surface area contributed by atoms with Gasteiger partial charge < -0.3 is 15.8 Å². The van der Waals surface area contributed by atoms with Gasteiger partial charge in [-0.15, -0.1) is 0 Å². The van der Waals surface area contributed by atoms with Gasteiger partial charge in [0.1, 0.15) is 17.1 Å². The highest BCUT2D eigenvalue weighted by Gasteiger charge is 2.21. The molecule has 0 amide bonds. The average molecular weight is 367 g/mol. The highest BCUT2D eigenvalue weighted by atomic mass is 16.5. The number of imidazole rings is 1. The number of nitrogen functional groups attached to an aromatic ring is 1. The minimum Gasteiger partial charge on any atom is -0.464 e. The first kappa shape index (κ1) is 18.6. The Balaban J connectivity index is 2.08. The van der Waals surface area contributed by atoms with Crippen molar-refractivity contribution in [3.8, 4) is 11.6 Å². The standard InChI is InChI=1S/C20H26N6O/c1-5-11-26-18(24-16-8-6-7-15(22-3)19(16)21)10-9-17(20(26)27-4)25-12-14(2)23-13-25/h6-10,12-13,22H,5,11,21H2,1-4H3/p+1. The van der Waals surface area contributed by atoms with Crippen molar-refractivity contribution in [1.29, 1.82) is 0 Å². The highest BCUT2D eigenvalue weighted by molar-refractivity contribution is 5.82.